The van der Waals surface area contributed by atoms with Crippen LogP contribution < -0.4 is 10.1 Å². The molecule has 0 aromatic heterocycles. The van der Waals surface area contributed by atoms with Crippen LogP contribution in [0.4, 0.5) is 0 Å². The highest BCUT2D eigenvalue weighted by atomic mass is 16.5. The molecule has 2 aromatic rings. The zero-order valence-corrected chi connectivity index (χ0v) is 19.7. The number of ether oxygens (including phenoxy) is 3. The molecule has 35 heavy (non-hydrogen) atoms. The number of methoxy groups -OCH3 is 2. The van der Waals surface area contributed by atoms with Crippen LogP contribution in [-0.4, -0.2) is 62.6 Å². The molecule has 9 nitrogen and oxygen atoms in total. The zero-order valence-electron chi connectivity index (χ0n) is 19.7. The van der Waals surface area contributed by atoms with E-state index in [1.54, 1.807) is 14.2 Å². The van der Waals surface area contributed by atoms with E-state index in [4.69, 9.17) is 14.2 Å². The van der Waals surface area contributed by atoms with Gasteiger partial charge in [0.25, 0.3) is 17.7 Å². The van der Waals surface area contributed by atoms with Crippen molar-refractivity contribution in [2.24, 2.45) is 5.92 Å². The standard InChI is InChI=1S/C26H28N2O7/c1-33-13-3-12-28-24(30)20-11-8-18(14-21(20)25(28)31)26(32)35-15-22(29)27-23(16-4-5-16)17-6-9-19(34-2)10-7-17/h6-11,14,16,23H,3-5,12-13,15H2,1-2H3,(H,27,29). The van der Waals surface area contributed by atoms with E-state index in [1.807, 2.05) is 24.3 Å². The minimum Gasteiger partial charge on any atom is -0.497 e. The average molecular weight is 481 g/mol. The summed E-state index contributed by atoms with van der Waals surface area (Å²) in [5.74, 6) is -0.937. The first-order valence-corrected chi connectivity index (χ1v) is 11.5. The molecular formula is C26H28N2O7. The fourth-order valence-electron chi connectivity index (χ4n) is 4.13. The van der Waals surface area contributed by atoms with E-state index in [0.717, 1.165) is 29.1 Å². The van der Waals surface area contributed by atoms with Crippen molar-refractivity contribution in [2.45, 2.75) is 25.3 Å². The number of amides is 3. The predicted octanol–water partition coefficient (Wildman–Crippen LogP) is 2.75. The summed E-state index contributed by atoms with van der Waals surface area (Å²) in [5.41, 5.74) is 1.46. The summed E-state index contributed by atoms with van der Waals surface area (Å²) < 4.78 is 15.4. The van der Waals surface area contributed by atoms with Gasteiger partial charge >= 0.3 is 5.97 Å². The molecule has 1 fully saturated rings. The lowest BCUT2D eigenvalue weighted by molar-refractivity contribution is -0.125. The summed E-state index contributed by atoms with van der Waals surface area (Å²) in [6.07, 6.45) is 2.55. The molecule has 1 N–H and O–H groups in total. The Labute approximate surface area is 203 Å². The minimum absolute atomic E-state index is 0.102. The van der Waals surface area contributed by atoms with Gasteiger partial charge < -0.3 is 19.5 Å². The third-order valence-corrected chi connectivity index (χ3v) is 6.16. The van der Waals surface area contributed by atoms with Crippen LogP contribution in [0.5, 0.6) is 5.75 Å². The van der Waals surface area contributed by atoms with E-state index in [2.05, 4.69) is 5.32 Å². The second-order valence-corrected chi connectivity index (χ2v) is 8.60. The smallest absolute Gasteiger partial charge is 0.338 e. The maximum absolute atomic E-state index is 12.6. The number of hydrogen-bond acceptors (Lipinski definition) is 7. The second kappa shape index (κ2) is 10.7. The van der Waals surface area contributed by atoms with Crippen LogP contribution in [0, 0.1) is 5.92 Å². The molecule has 0 saturated heterocycles. The molecule has 0 radical (unpaired) electrons. The number of imide groups is 1. The van der Waals surface area contributed by atoms with Crippen molar-refractivity contribution in [2.75, 3.05) is 34.0 Å². The van der Waals surface area contributed by atoms with Crippen LogP contribution in [-0.2, 0) is 14.3 Å². The predicted molar refractivity (Wildman–Crippen MR) is 125 cm³/mol. The maximum atomic E-state index is 12.6. The fourth-order valence-corrected chi connectivity index (χ4v) is 4.13. The fraction of sp³-hybridized carbons (Fsp3) is 0.385. The average Bonchev–Trinajstić information content (AvgIpc) is 3.69. The molecule has 1 atom stereocenters. The SMILES string of the molecule is COCCCN1C(=O)c2ccc(C(=O)OCC(=O)NC(c3ccc(OC)cc3)C3CC3)cc2C1=O. The van der Waals surface area contributed by atoms with Crippen LogP contribution >= 0.6 is 0 Å². The first kappa shape index (κ1) is 24.4. The van der Waals surface area contributed by atoms with Crippen molar-refractivity contribution in [1.29, 1.82) is 0 Å². The van der Waals surface area contributed by atoms with Crippen molar-refractivity contribution >= 4 is 23.7 Å². The Kier molecular flexibility index (Phi) is 7.45. The number of benzene rings is 2. The van der Waals surface area contributed by atoms with E-state index in [-0.39, 0.29) is 29.3 Å². The molecule has 3 amide bonds. The number of fused-ring (bicyclic) bond motifs is 1. The molecule has 2 aliphatic rings. The van der Waals surface area contributed by atoms with Crippen molar-refractivity contribution in [3.8, 4) is 5.75 Å². The van der Waals surface area contributed by atoms with Crippen molar-refractivity contribution < 1.29 is 33.4 Å². The Bertz CT molecular complexity index is 1130. The Hall–Kier alpha value is -3.72. The van der Waals surface area contributed by atoms with Gasteiger partial charge in [-0.25, -0.2) is 4.79 Å². The van der Waals surface area contributed by atoms with E-state index in [0.29, 0.717) is 18.9 Å². The van der Waals surface area contributed by atoms with Gasteiger partial charge in [0, 0.05) is 20.3 Å². The van der Waals surface area contributed by atoms with Gasteiger partial charge in [0.1, 0.15) is 5.75 Å². The molecule has 1 heterocycles. The number of esters is 1. The topological polar surface area (TPSA) is 111 Å². The van der Waals surface area contributed by atoms with Crippen molar-refractivity contribution in [3.05, 3.63) is 64.7 Å². The van der Waals surface area contributed by atoms with Gasteiger partial charge in [0.2, 0.25) is 0 Å². The summed E-state index contributed by atoms with van der Waals surface area (Å²) in [5, 5.41) is 2.95. The monoisotopic (exact) mass is 480 g/mol. The molecule has 1 aliphatic heterocycles. The van der Waals surface area contributed by atoms with Gasteiger partial charge in [-0.15, -0.1) is 0 Å². The number of carbonyl (C=O) groups excluding carboxylic acids is 4. The first-order valence-electron chi connectivity index (χ1n) is 11.5. The van der Waals surface area contributed by atoms with Crippen LogP contribution in [0.25, 0.3) is 0 Å². The van der Waals surface area contributed by atoms with Gasteiger partial charge in [-0.3, -0.25) is 19.3 Å². The number of carbonyl (C=O) groups is 4. The molecule has 1 unspecified atom stereocenters. The summed E-state index contributed by atoms with van der Waals surface area (Å²) in [7, 11) is 3.14. The molecule has 2 aromatic carbocycles. The third kappa shape index (κ3) is 5.51. The molecule has 1 aliphatic carbocycles. The van der Waals surface area contributed by atoms with E-state index in [9.17, 15) is 19.2 Å². The lowest BCUT2D eigenvalue weighted by atomic mass is 10.0. The Morgan fingerprint density at radius 3 is 2.40 bits per heavy atom. The van der Waals surface area contributed by atoms with Gasteiger partial charge in [-0.1, -0.05) is 12.1 Å². The number of nitrogens with one attached hydrogen (secondary N) is 1. The Morgan fingerprint density at radius 2 is 1.74 bits per heavy atom. The van der Waals surface area contributed by atoms with E-state index < -0.39 is 30.3 Å². The second-order valence-electron chi connectivity index (χ2n) is 8.60. The Morgan fingerprint density at radius 1 is 1.03 bits per heavy atom. The normalized spacial score (nSPS) is 15.5. The minimum atomic E-state index is -0.742. The van der Waals surface area contributed by atoms with Gasteiger partial charge in [0.15, 0.2) is 6.61 Å². The zero-order chi connectivity index (χ0) is 24.9. The first-order chi connectivity index (χ1) is 16.9. The van der Waals surface area contributed by atoms with Gasteiger partial charge in [-0.2, -0.15) is 0 Å². The van der Waals surface area contributed by atoms with Crippen molar-refractivity contribution in [1.82, 2.24) is 10.2 Å². The summed E-state index contributed by atoms with van der Waals surface area (Å²) in [4.78, 5) is 51.4. The molecule has 0 spiro atoms. The van der Waals surface area contributed by atoms with Crippen LogP contribution in [0.1, 0.15) is 61.9 Å². The third-order valence-electron chi connectivity index (χ3n) is 6.16. The van der Waals surface area contributed by atoms with Crippen LogP contribution in [0.2, 0.25) is 0 Å². The maximum Gasteiger partial charge on any atom is 0.338 e. The van der Waals surface area contributed by atoms with Crippen LogP contribution in [0.15, 0.2) is 42.5 Å². The molecule has 0 bridgehead atoms. The molecule has 9 heteroatoms. The van der Waals surface area contributed by atoms with Crippen molar-refractivity contribution in [3.63, 3.8) is 0 Å². The lowest BCUT2D eigenvalue weighted by Crippen LogP contribution is -2.33. The van der Waals surface area contributed by atoms with Crippen LogP contribution in [0.3, 0.4) is 0 Å². The Balaban J connectivity index is 1.35. The molecular weight excluding hydrogens is 452 g/mol. The quantitative estimate of drug-likeness (QED) is 0.299. The van der Waals surface area contributed by atoms with E-state index >= 15 is 0 Å². The number of rotatable bonds is 11. The molecule has 1 saturated carbocycles. The molecule has 184 valence electrons. The lowest BCUT2D eigenvalue weighted by Gasteiger charge is -2.19. The summed E-state index contributed by atoms with van der Waals surface area (Å²) in [6, 6.07) is 11.6. The van der Waals surface area contributed by atoms with E-state index in [1.165, 1.54) is 18.2 Å². The highest BCUT2D eigenvalue weighted by Gasteiger charge is 2.36. The summed E-state index contributed by atoms with van der Waals surface area (Å²) >= 11 is 0. The molecule has 4 rings (SSSR count). The number of nitrogens with zero attached hydrogens (tertiary/aromatic N) is 1. The highest BCUT2D eigenvalue weighted by Crippen LogP contribution is 2.41. The highest BCUT2D eigenvalue weighted by molar-refractivity contribution is 6.22. The summed E-state index contributed by atoms with van der Waals surface area (Å²) in [6.45, 7) is 0.203. The van der Waals surface area contributed by atoms with Gasteiger partial charge in [0.05, 0.1) is 29.8 Å². The largest absolute Gasteiger partial charge is 0.497 e. The number of hydrogen-bond donors (Lipinski definition) is 1. The van der Waals surface area contributed by atoms with Gasteiger partial charge in [-0.05, 0) is 61.1 Å².